The van der Waals surface area contributed by atoms with Crippen LogP contribution in [0.25, 0.3) is 17.0 Å². The Balaban J connectivity index is 2.42. The fourth-order valence-corrected chi connectivity index (χ4v) is 1.54. The summed E-state index contributed by atoms with van der Waals surface area (Å²) in [5.74, 6) is 0. The number of halogens is 1. The zero-order valence-electron chi connectivity index (χ0n) is 7.13. The molecule has 0 radical (unpaired) electrons. The lowest BCUT2D eigenvalue weighted by Crippen LogP contribution is -1.72. The van der Waals surface area contributed by atoms with E-state index in [1.807, 2.05) is 6.20 Å². The van der Waals surface area contributed by atoms with E-state index in [-0.39, 0.29) is 0 Å². The van der Waals surface area contributed by atoms with Crippen molar-refractivity contribution in [2.75, 3.05) is 5.33 Å². The molecule has 13 heavy (non-hydrogen) atoms. The SMILES string of the molecule is BrCC=Cc1ccc2cc[nH]c2c1. The van der Waals surface area contributed by atoms with E-state index in [4.69, 9.17) is 0 Å². The molecule has 2 heteroatoms. The van der Waals surface area contributed by atoms with Crippen molar-refractivity contribution in [2.24, 2.45) is 0 Å². The second-order valence-electron chi connectivity index (χ2n) is 2.88. The summed E-state index contributed by atoms with van der Waals surface area (Å²) < 4.78 is 0. The molecule has 0 bridgehead atoms. The maximum absolute atomic E-state index is 3.35. The van der Waals surface area contributed by atoms with Crippen LogP contribution in [0.3, 0.4) is 0 Å². The molecule has 0 spiro atoms. The van der Waals surface area contributed by atoms with Crippen LogP contribution in [0, 0.1) is 0 Å². The van der Waals surface area contributed by atoms with Gasteiger partial charge in [0.1, 0.15) is 0 Å². The standard InChI is InChI=1S/C11H10BrN/c12-6-1-2-9-3-4-10-5-7-13-11(10)8-9/h1-5,7-8,13H,6H2. The Bertz CT molecular complexity index is 428. The second-order valence-corrected chi connectivity index (χ2v) is 3.53. The number of fused-ring (bicyclic) bond motifs is 1. The quantitative estimate of drug-likeness (QED) is 0.767. The summed E-state index contributed by atoms with van der Waals surface area (Å²) in [7, 11) is 0. The second kappa shape index (κ2) is 3.79. The summed E-state index contributed by atoms with van der Waals surface area (Å²) in [5, 5.41) is 2.16. The van der Waals surface area contributed by atoms with Gasteiger partial charge >= 0.3 is 0 Å². The molecule has 0 aliphatic carbocycles. The van der Waals surface area contributed by atoms with Gasteiger partial charge in [-0.2, -0.15) is 0 Å². The van der Waals surface area contributed by atoms with E-state index >= 15 is 0 Å². The smallest absolute Gasteiger partial charge is 0.0459 e. The third kappa shape index (κ3) is 1.83. The topological polar surface area (TPSA) is 15.8 Å². The molecule has 1 heterocycles. The molecule has 2 aromatic rings. The first kappa shape index (κ1) is 8.57. The zero-order valence-corrected chi connectivity index (χ0v) is 8.71. The average molecular weight is 236 g/mol. The molecule has 0 unspecified atom stereocenters. The van der Waals surface area contributed by atoms with Crippen molar-refractivity contribution in [3.05, 3.63) is 42.1 Å². The number of allylic oxidation sites excluding steroid dienone is 1. The number of aromatic nitrogens is 1. The summed E-state index contributed by atoms with van der Waals surface area (Å²) in [6.45, 7) is 0. The molecule has 0 amide bonds. The molecule has 0 saturated heterocycles. The van der Waals surface area contributed by atoms with Crippen molar-refractivity contribution in [3.63, 3.8) is 0 Å². The Morgan fingerprint density at radius 1 is 1.31 bits per heavy atom. The van der Waals surface area contributed by atoms with E-state index < -0.39 is 0 Å². The Labute approximate surface area is 85.6 Å². The highest BCUT2D eigenvalue weighted by Gasteiger charge is 1.93. The van der Waals surface area contributed by atoms with Crippen molar-refractivity contribution in [1.82, 2.24) is 4.98 Å². The lowest BCUT2D eigenvalue weighted by atomic mass is 10.1. The number of rotatable bonds is 2. The fraction of sp³-hybridized carbons (Fsp3) is 0.0909. The van der Waals surface area contributed by atoms with Crippen LogP contribution in [-0.2, 0) is 0 Å². The van der Waals surface area contributed by atoms with Crippen molar-refractivity contribution >= 4 is 32.9 Å². The van der Waals surface area contributed by atoms with Crippen molar-refractivity contribution < 1.29 is 0 Å². The molecule has 0 aliphatic heterocycles. The molecule has 0 aliphatic rings. The van der Waals surface area contributed by atoms with Crippen LogP contribution in [0.4, 0.5) is 0 Å². The van der Waals surface area contributed by atoms with E-state index in [1.165, 1.54) is 16.5 Å². The van der Waals surface area contributed by atoms with E-state index in [2.05, 4.69) is 57.3 Å². The van der Waals surface area contributed by atoms with Gasteiger partial charge in [-0.1, -0.05) is 40.2 Å². The summed E-state index contributed by atoms with van der Waals surface area (Å²) >= 11 is 3.35. The molecule has 0 saturated carbocycles. The van der Waals surface area contributed by atoms with Crippen LogP contribution in [0.2, 0.25) is 0 Å². The van der Waals surface area contributed by atoms with Gasteiger partial charge < -0.3 is 4.98 Å². The number of hydrogen-bond donors (Lipinski definition) is 1. The predicted octanol–water partition coefficient (Wildman–Crippen LogP) is 3.58. The summed E-state index contributed by atoms with van der Waals surface area (Å²) in [4.78, 5) is 3.19. The third-order valence-corrected chi connectivity index (χ3v) is 2.35. The number of alkyl halides is 1. The van der Waals surface area contributed by atoms with E-state index in [1.54, 1.807) is 0 Å². The minimum Gasteiger partial charge on any atom is -0.361 e. The molecular weight excluding hydrogens is 226 g/mol. The molecule has 1 N–H and O–H groups in total. The van der Waals surface area contributed by atoms with Crippen LogP contribution in [0.1, 0.15) is 5.56 Å². The van der Waals surface area contributed by atoms with Crippen LogP contribution in [0.15, 0.2) is 36.5 Å². The molecule has 66 valence electrons. The first-order chi connectivity index (χ1) is 6.40. The maximum atomic E-state index is 3.35. The van der Waals surface area contributed by atoms with E-state index in [0.717, 1.165) is 5.33 Å². The van der Waals surface area contributed by atoms with Crippen LogP contribution < -0.4 is 0 Å². The normalized spacial score (nSPS) is 11.5. The predicted molar refractivity (Wildman–Crippen MR) is 61.1 cm³/mol. The first-order valence-corrected chi connectivity index (χ1v) is 5.32. The molecule has 1 nitrogen and oxygen atoms in total. The molecule has 2 rings (SSSR count). The number of H-pyrrole nitrogens is 1. The van der Waals surface area contributed by atoms with Crippen LogP contribution in [-0.4, -0.2) is 10.3 Å². The number of benzene rings is 1. The van der Waals surface area contributed by atoms with Crippen LogP contribution in [0.5, 0.6) is 0 Å². The largest absolute Gasteiger partial charge is 0.361 e. The third-order valence-electron chi connectivity index (χ3n) is 1.98. The van der Waals surface area contributed by atoms with E-state index in [0.29, 0.717) is 0 Å². The van der Waals surface area contributed by atoms with Crippen molar-refractivity contribution in [3.8, 4) is 0 Å². The lowest BCUT2D eigenvalue weighted by Gasteiger charge is -1.93. The van der Waals surface area contributed by atoms with Gasteiger partial charge in [0.25, 0.3) is 0 Å². The highest BCUT2D eigenvalue weighted by atomic mass is 79.9. The fourth-order valence-electron chi connectivity index (χ4n) is 1.35. The Kier molecular flexibility index (Phi) is 2.50. The van der Waals surface area contributed by atoms with Gasteiger partial charge in [-0.3, -0.25) is 0 Å². The molecule has 1 aromatic carbocycles. The van der Waals surface area contributed by atoms with Crippen molar-refractivity contribution in [2.45, 2.75) is 0 Å². The average Bonchev–Trinajstić information content (AvgIpc) is 2.61. The maximum Gasteiger partial charge on any atom is 0.0459 e. The highest BCUT2D eigenvalue weighted by molar-refractivity contribution is 9.09. The number of hydrogen-bond acceptors (Lipinski definition) is 0. The van der Waals surface area contributed by atoms with Crippen molar-refractivity contribution in [1.29, 1.82) is 0 Å². The molecular formula is C11H10BrN. The summed E-state index contributed by atoms with van der Waals surface area (Å²) in [6, 6.07) is 8.47. The Morgan fingerprint density at radius 2 is 2.23 bits per heavy atom. The highest BCUT2D eigenvalue weighted by Crippen LogP contribution is 2.14. The first-order valence-electron chi connectivity index (χ1n) is 4.20. The zero-order chi connectivity index (χ0) is 9.10. The molecule has 0 atom stereocenters. The minimum atomic E-state index is 0.899. The van der Waals surface area contributed by atoms with Gasteiger partial charge in [-0.05, 0) is 23.1 Å². The summed E-state index contributed by atoms with van der Waals surface area (Å²) in [6.07, 6.45) is 6.15. The van der Waals surface area contributed by atoms with Gasteiger partial charge in [0.05, 0.1) is 0 Å². The molecule has 0 fully saturated rings. The minimum absolute atomic E-state index is 0.899. The van der Waals surface area contributed by atoms with Gasteiger partial charge in [0.2, 0.25) is 0 Å². The van der Waals surface area contributed by atoms with Gasteiger partial charge in [-0.15, -0.1) is 0 Å². The lowest BCUT2D eigenvalue weighted by molar-refractivity contribution is 1.47. The number of aromatic amines is 1. The monoisotopic (exact) mass is 235 g/mol. The van der Waals surface area contributed by atoms with E-state index in [9.17, 15) is 0 Å². The van der Waals surface area contributed by atoms with Gasteiger partial charge in [0.15, 0.2) is 0 Å². The summed E-state index contributed by atoms with van der Waals surface area (Å²) in [5.41, 5.74) is 2.42. The van der Waals surface area contributed by atoms with Gasteiger partial charge in [0, 0.05) is 17.0 Å². The molecule has 1 aromatic heterocycles. The Morgan fingerprint density at radius 3 is 3.08 bits per heavy atom. The Hall–Kier alpha value is -1.02. The number of nitrogens with one attached hydrogen (secondary N) is 1. The van der Waals surface area contributed by atoms with Gasteiger partial charge in [-0.25, -0.2) is 0 Å². The van der Waals surface area contributed by atoms with Crippen LogP contribution >= 0.6 is 15.9 Å².